The molecule has 5 heteroatoms. The van der Waals surface area contributed by atoms with Crippen LogP contribution in [0.1, 0.15) is 41.0 Å². The molecule has 0 bridgehead atoms. The van der Waals surface area contributed by atoms with Crippen LogP contribution < -0.4 is 9.47 Å². The van der Waals surface area contributed by atoms with E-state index in [0.717, 1.165) is 6.42 Å². The van der Waals surface area contributed by atoms with E-state index in [9.17, 15) is 9.90 Å². The van der Waals surface area contributed by atoms with Gasteiger partial charge in [0.2, 0.25) is 0 Å². The zero-order chi connectivity index (χ0) is 16.0. The largest absolute Gasteiger partial charge is 0.504 e. The molecule has 0 saturated carbocycles. The van der Waals surface area contributed by atoms with Crippen LogP contribution in [-0.4, -0.2) is 34.8 Å². The molecular formula is C16H25NO4. The van der Waals surface area contributed by atoms with Gasteiger partial charge in [-0.05, 0) is 46.2 Å². The predicted octanol–water partition coefficient (Wildman–Crippen LogP) is 3.80. The maximum absolute atomic E-state index is 12.2. The lowest BCUT2D eigenvalue weighted by Gasteiger charge is -2.33. The second kappa shape index (κ2) is 7.20. The Morgan fingerprint density at radius 3 is 2.43 bits per heavy atom. The highest BCUT2D eigenvalue weighted by Gasteiger charge is 2.27. The van der Waals surface area contributed by atoms with Gasteiger partial charge in [0.25, 0.3) is 0 Å². The Bertz CT molecular complexity index is 480. The number of phenols is 1. The summed E-state index contributed by atoms with van der Waals surface area (Å²) in [6.45, 7) is 10.8. The number of amides is 1. The monoisotopic (exact) mass is 295 g/mol. The van der Waals surface area contributed by atoms with Crippen molar-refractivity contribution in [3.63, 3.8) is 0 Å². The average molecular weight is 295 g/mol. The van der Waals surface area contributed by atoms with E-state index in [1.54, 1.807) is 11.0 Å². The van der Waals surface area contributed by atoms with E-state index in [-0.39, 0.29) is 17.0 Å². The summed E-state index contributed by atoms with van der Waals surface area (Å²) in [6.07, 6.45) is 0.400. The molecule has 0 aromatic heterocycles. The van der Waals surface area contributed by atoms with Crippen molar-refractivity contribution in [2.24, 2.45) is 0 Å². The van der Waals surface area contributed by atoms with Gasteiger partial charge >= 0.3 is 6.09 Å². The van der Waals surface area contributed by atoms with Crippen molar-refractivity contribution in [3.8, 4) is 17.2 Å². The van der Waals surface area contributed by atoms with Crippen LogP contribution in [0.3, 0.4) is 0 Å². The van der Waals surface area contributed by atoms with E-state index in [2.05, 4.69) is 0 Å². The van der Waals surface area contributed by atoms with Crippen LogP contribution in [0.2, 0.25) is 0 Å². The van der Waals surface area contributed by atoms with Gasteiger partial charge in [0.05, 0.1) is 6.61 Å². The van der Waals surface area contributed by atoms with E-state index in [0.29, 0.717) is 18.9 Å². The first-order valence-corrected chi connectivity index (χ1v) is 7.24. The number of phenolic OH excluding ortho intramolecular Hbond substituents is 1. The van der Waals surface area contributed by atoms with Crippen molar-refractivity contribution in [2.45, 2.75) is 46.6 Å². The molecule has 0 unspecified atom stereocenters. The maximum atomic E-state index is 12.2. The van der Waals surface area contributed by atoms with Crippen molar-refractivity contribution >= 4 is 6.09 Å². The van der Waals surface area contributed by atoms with Crippen molar-refractivity contribution in [3.05, 3.63) is 18.2 Å². The Hall–Kier alpha value is -1.91. The van der Waals surface area contributed by atoms with E-state index in [1.165, 1.54) is 12.1 Å². The lowest BCUT2D eigenvalue weighted by Crippen LogP contribution is -2.46. The summed E-state index contributed by atoms with van der Waals surface area (Å²) in [5.41, 5.74) is -0.342. The van der Waals surface area contributed by atoms with Crippen molar-refractivity contribution in [1.82, 2.24) is 4.90 Å². The molecule has 1 rings (SSSR count). The van der Waals surface area contributed by atoms with E-state index in [1.807, 2.05) is 34.6 Å². The third-order valence-corrected chi connectivity index (χ3v) is 2.95. The average Bonchev–Trinajstić information content (AvgIpc) is 2.38. The summed E-state index contributed by atoms with van der Waals surface area (Å²) >= 11 is 0. The first kappa shape index (κ1) is 17.1. The van der Waals surface area contributed by atoms with E-state index >= 15 is 0 Å². The van der Waals surface area contributed by atoms with Gasteiger partial charge in [-0.2, -0.15) is 0 Å². The first-order valence-electron chi connectivity index (χ1n) is 7.24. The first-order chi connectivity index (χ1) is 9.79. The Labute approximate surface area is 126 Å². The van der Waals surface area contributed by atoms with Crippen molar-refractivity contribution in [2.75, 3.05) is 13.2 Å². The van der Waals surface area contributed by atoms with Crippen LogP contribution in [0.4, 0.5) is 4.79 Å². The Balaban J connectivity index is 2.81. The van der Waals surface area contributed by atoms with Gasteiger partial charge in [-0.15, -0.1) is 0 Å². The van der Waals surface area contributed by atoms with Gasteiger partial charge in [0.15, 0.2) is 11.5 Å². The quantitative estimate of drug-likeness (QED) is 0.897. The standard InChI is InChI=1S/C16H25NO4/c1-6-10-20-12-8-9-14(13(18)11-12)21-15(19)17(7-2)16(3,4)5/h8-9,11,18H,6-7,10H2,1-5H3. The lowest BCUT2D eigenvalue weighted by molar-refractivity contribution is 0.109. The summed E-state index contributed by atoms with van der Waals surface area (Å²) in [7, 11) is 0. The maximum Gasteiger partial charge on any atom is 0.415 e. The third-order valence-electron chi connectivity index (χ3n) is 2.95. The summed E-state index contributed by atoms with van der Waals surface area (Å²) in [6, 6.07) is 4.66. The number of nitrogens with zero attached hydrogens (tertiary/aromatic N) is 1. The van der Waals surface area contributed by atoms with Crippen LogP contribution in [-0.2, 0) is 0 Å². The van der Waals surface area contributed by atoms with Crippen LogP contribution in [0.25, 0.3) is 0 Å². The van der Waals surface area contributed by atoms with Crippen LogP contribution >= 0.6 is 0 Å². The predicted molar refractivity (Wildman–Crippen MR) is 82.0 cm³/mol. The van der Waals surface area contributed by atoms with Gasteiger partial charge in [0, 0.05) is 18.2 Å². The van der Waals surface area contributed by atoms with E-state index in [4.69, 9.17) is 9.47 Å². The molecule has 0 heterocycles. The summed E-state index contributed by atoms with van der Waals surface area (Å²) < 4.78 is 10.7. The van der Waals surface area contributed by atoms with Gasteiger partial charge in [-0.1, -0.05) is 6.92 Å². The fourth-order valence-corrected chi connectivity index (χ4v) is 1.92. The normalized spacial score (nSPS) is 11.1. The Morgan fingerprint density at radius 1 is 1.29 bits per heavy atom. The molecule has 0 fully saturated rings. The number of ether oxygens (including phenoxy) is 2. The molecule has 21 heavy (non-hydrogen) atoms. The molecule has 1 aromatic carbocycles. The summed E-state index contributed by atoms with van der Waals surface area (Å²) in [5, 5.41) is 9.92. The number of rotatable bonds is 5. The topological polar surface area (TPSA) is 59.0 Å². The molecule has 0 spiro atoms. The lowest BCUT2D eigenvalue weighted by atomic mass is 10.1. The number of carbonyl (C=O) groups excluding carboxylic acids is 1. The zero-order valence-electron chi connectivity index (χ0n) is 13.5. The Morgan fingerprint density at radius 2 is 1.95 bits per heavy atom. The minimum absolute atomic E-state index is 0.109. The minimum Gasteiger partial charge on any atom is -0.504 e. The van der Waals surface area contributed by atoms with Gasteiger partial charge < -0.3 is 19.5 Å². The fourth-order valence-electron chi connectivity index (χ4n) is 1.92. The number of hydrogen-bond donors (Lipinski definition) is 1. The number of benzene rings is 1. The molecule has 0 aliphatic rings. The molecule has 0 atom stereocenters. The third kappa shape index (κ3) is 4.85. The summed E-state index contributed by atoms with van der Waals surface area (Å²) in [5.74, 6) is 0.575. The van der Waals surface area contributed by atoms with Crippen LogP contribution in [0.5, 0.6) is 17.2 Å². The number of aromatic hydroxyl groups is 1. The van der Waals surface area contributed by atoms with Crippen LogP contribution in [0.15, 0.2) is 18.2 Å². The Kier molecular flexibility index (Phi) is 5.88. The highest BCUT2D eigenvalue weighted by molar-refractivity contribution is 5.72. The van der Waals surface area contributed by atoms with Crippen molar-refractivity contribution in [1.29, 1.82) is 0 Å². The molecule has 1 N–H and O–H groups in total. The fraction of sp³-hybridized carbons (Fsp3) is 0.562. The zero-order valence-corrected chi connectivity index (χ0v) is 13.5. The SMILES string of the molecule is CCCOc1ccc(OC(=O)N(CC)C(C)(C)C)c(O)c1. The molecule has 0 saturated heterocycles. The van der Waals surface area contributed by atoms with Gasteiger partial charge in [0.1, 0.15) is 5.75 Å². The van der Waals surface area contributed by atoms with Gasteiger partial charge in [-0.25, -0.2) is 4.79 Å². The highest BCUT2D eigenvalue weighted by Crippen LogP contribution is 2.31. The number of carbonyl (C=O) groups is 1. The van der Waals surface area contributed by atoms with E-state index < -0.39 is 6.09 Å². The van der Waals surface area contributed by atoms with Crippen molar-refractivity contribution < 1.29 is 19.4 Å². The molecule has 0 aliphatic heterocycles. The van der Waals surface area contributed by atoms with Gasteiger partial charge in [-0.3, -0.25) is 0 Å². The molecule has 118 valence electrons. The molecule has 1 amide bonds. The van der Waals surface area contributed by atoms with Crippen LogP contribution in [0, 0.1) is 0 Å². The molecule has 0 radical (unpaired) electrons. The second-order valence-corrected chi connectivity index (χ2v) is 5.76. The molecular weight excluding hydrogens is 270 g/mol. The molecule has 5 nitrogen and oxygen atoms in total. The highest BCUT2D eigenvalue weighted by atomic mass is 16.6. The molecule has 1 aromatic rings. The second-order valence-electron chi connectivity index (χ2n) is 5.76. The minimum atomic E-state index is -0.484. The smallest absolute Gasteiger partial charge is 0.415 e. The molecule has 0 aliphatic carbocycles. The number of hydrogen-bond acceptors (Lipinski definition) is 4. The summed E-state index contributed by atoms with van der Waals surface area (Å²) in [4.78, 5) is 13.8.